The second kappa shape index (κ2) is 6.26. The quantitative estimate of drug-likeness (QED) is 0.827. The van der Waals surface area contributed by atoms with Crippen LogP contribution in [0.4, 0.5) is 11.5 Å². The zero-order chi connectivity index (χ0) is 15.5. The van der Waals surface area contributed by atoms with E-state index in [2.05, 4.69) is 26.2 Å². The first kappa shape index (κ1) is 15.5. The molecule has 2 aromatic rings. The van der Waals surface area contributed by atoms with Gasteiger partial charge in [-0.1, -0.05) is 0 Å². The molecular formula is C16H17BrN2O2. The molecule has 110 valence electrons. The molecule has 0 saturated carbocycles. The SMILES string of the molecule is CC(C)(C)OC(=O)c1ccc(Nc2ncccc2Br)cc1. The molecular weight excluding hydrogens is 332 g/mol. The Balaban J connectivity index is 2.09. The Morgan fingerprint density at radius 1 is 1.19 bits per heavy atom. The standard InChI is InChI=1S/C16H17BrN2O2/c1-16(2,3)21-15(20)11-6-8-12(9-7-11)19-14-13(17)5-4-10-18-14/h4-10H,1-3H3,(H,18,19). The molecule has 1 aromatic heterocycles. The molecule has 0 atom stereocenters. The molecule has 0 fully saturated rings. The summed E-state index contributed by atoms with van der Waals surface area (Å²) in [6.45, 7) is 5.54. The van der Waals surface area contributed by atoms with Gasteiger partial charge in [-0.2, -0.15) is 0 Å². The van der Waals surface area contributed by atoms with Gasteiger partial charge < -0.3 is 10.1 Å². The van der Waals surface area contributed by atoms with Crippen LogP contribution < -0.4 is 5.32 Å². The minimum Gasteiger partial charge on any atom is -0.456 e. The Hall–Kier alpha value is -1.88. The summed E-state index contributed by atoms with van der Waals surface area (Å²) in [7, 11) is 0. The molecule has 5 heteroatoms. The number of benzene rings is 1. The van der Waals surface area contributed by atoms with E-state index in [1.54, 1.807) is 18.3 Å². The minimum absolute atomic E-state index is 0.326. The number of hydrogen-bond donors (Lipinski definition) is 1. The van der Waals surface area contributed by atoms with Crippen molar-refractivity contribution in [2.45, 2.75) is 26.4 Å². The highest BCUT2D eigenvalue weighted by atomic mass is 79.9. The Morgan fingerprint density at radius 3 is 2.43 bits per heavy atom. The van der Waals surface area contributed by atoms with Crippen LogP contribution in [0.5, 0.6) is 0 Å². The predicted octanol–water partition coefficient (Wildman–Crippen LogP) is 4.54. The van der Waals surface area contributed by atoms with Gasteiger partial charge in [0.2, 0.25) is 0 Å². The molecule has 1 N–H and O–H groups in total. The Kier molecular flexibility index (Phi) is 4.63. The summed E-state index contributed by atoms with van der Waals surface area (Å²) in [6, 6.07) is 10.9. The lowest BCUT2D eigenvalue weighted by Gasteiger charge is -2.19. The molecule has 4 nitrogen and oxygen atoms in total. The van der Waals surface area contributed by atoms with E-state index in [9.17, 15) is 4.79 Å². The van der Waals surface area contributed by atoms with Gasteiger partial charge in [0.25, 0.3) is 0 Å². The summed E-state index contributed by atoms with van der Waals surface area (Å²) in [5, 5.41) is 3.18. The first-order chi connectivity index (χ1) is 9.85. The van der Waals surface area contributed by atoms with Crippen molar-refractivity contribution in [1.82, 2.24) is 4.98 Å². The second-order valence-electron chi connectivity index (χ2n) is 5.54. The largest absolute Gasteiger partial charge is 0.456 e. The molecule has 21 heavy (non-hydrogen) atoms. The van der Waals surface area contributed by atoms with Crippen molar-refractivity contribution in [2.24, 2.45) is 0 Å². The van der Waals surface area contributed by atoms with E-state index in [-0.39, 0.29) is 5.97 Å². The molecule has 0 amide bonds. The molecule has 0 unspecified atom stereocenters. The number of anilines is 2. The number of carbonyl (C=O) groups excluding carboxylic acids is 1. The average Bonchev–Trinajstić information content (AvgIpc) is 2.40. The van der Waals surface area contributed by atoms with Crippen molar-refractivity contribution < 1.29 is 9.53 Å². The van der Waals surface area contributed by atoms with Crippen molar-refractivity contribution >= 4 is 33.4 Å². The molecule has 0 bridgehead atoms. The van der Waals surface area contributed by atoms with E-state index < -0.39 is 5.60 Å². The van der Waals surface area contributed by atoms with Crippen molar-refractivity contribution in [3.8, 4) is 0 Å². The summed E-state index contributed by atoms with van der Waals surface area (Å²) >= 11 is 3.43. The zero-order valence-corrected chi connectivity index (χ0v) is 13.8. The number of hydrogen-bond acceptors (Lipinski definition) is 4. The number of aromatic nitrogens is 1. The molecule has 0 aliphatic heterocycles. The molecule has 0 saturated heterocycles. The zero-order valence-electron chi connectivity index (χ0n) is 12.2. The smallest absolute Gasteiger partial charge is 0.338 e. The third-order valence-electron chi connectivity index (χ3n) is 2.54. The number of esters is 1. The van der Waals surface area contributed by atoms with E-state index >= 15 is 0 Å². The molecule has 1 heterocycles. The van der Waals surface area contributed by atoms with E-state index in [4.69, 9.17) is 4.74 Å². The van der Waals surface area contributed by atoms with E-state index in [0.717, 1.165) is 16.0 Å². The molecule has 0 spiro atoms. The average molecular weight is 349 g/mol. The molecule has 0 aliphatic carbocycles. The number of halogens is 1. The maximum Gasteiger partial charge on any atom is 0.338 e. The number of nitrogens with zero attached hydrogens (tertiary/aromatic N) is 1. The van der Waals surface area contributed by atoms with Crippen LogP contribution in [0.2, 0.25) is 0 Å². The minimum atomic E-state index is -0.493. The molecule has 1 aromatic carbocycles. The van der Waals surface area contributed by atoms with Gasteiger partial charge in [0.05, 0.1) is 10.0 Å². The number of carbonyl (C=O) groups is 1. The Bertz CT molecular complexity index is 633. The van der Waals surface area contributed by atoms with Crippen LogP contribution in [0.15, 0.2) is 47.1 Å². The van der Waals surface area contributed by atoms with Crippen molar-refractivity contribution in [3.05, 3.63) is 52.6 Å². The molecule has 2 rings (SSSR count). The van der Waals surface area contributed by atoms with Crippen LogP contribution in [0.1, 0.15) is 31.1 Å². The second-order valence-corrected chi connectivity index (χ2v) is 6.39. The van der Waals surface area contributed by atoms with Gasteiger partial charge in [0.1, 0.15) is 11.4 Å². The summed E-state index contributed by atoms with van der Waals surface area (Å²) in [5.74, 6) is 0.399. The van der Waals surface area contributed by atoms with Crippen LogP contribution in [-0.2, 0) is 4.74 Å². The summed E-state index contributed by atoms with van der Waals surface area (Å²) in [4.78, 5) is 16.2. The van der Waals surface area contributed by atoms with Crippen LogP contribution in [0, 0.1) is 0 Å². The fourth-order valence-electron chi connectivity index (χ4n) is 1.64. The highest BCUT2D eigenvalue weighted by molar-refractivity contribution is 9.10. The van der Waals surface area contributed by atoms with Gasteiger partial charge >= 0.3 is 5.97 Å². The summed E-state index contributed by atoms with van der Waals surface area (Å²) < 4.78 is 6.20. The van der Waals surface area contributed by atoms with Crippen molar-refractivity contribution in [1.29, 1.82) is 0 Å². The van der Waals surface area contributed by atoms with Gasteiger partial charge in [-0.25, -0.2) is 9.78 Å². The fourth-order valence-corrected chi connectivity index (χ4v) is 2.00. The lowest BCUT2D eigenvalue weighted by Crippen LogP contribution is -2.23. The van der Waals surface area contributed by atoms with Crippen molar-refractivity contribution in [3.63, 3.8) is 0 Å². The maximum absolute atomic E-state index is 11.9. The van der Waals surface area contributed by atoms with Crippen LogP contribution in [-0.4, -0.2) is 16.6 Å². The Labute approximate surface area is 132 Å². The number of pyridine rings is 1. The van der Waals surface area contributed by atoms with Gasteiger partial charge in [0, 0.05) is 11.9 Å². The highest BCUT2D eigenvalue weighted by Crippen LogP contribution is 2.23. The fraction of sp³-hybridized carbons (Fsp3) is 0.250. The van der Waals surface area contributed by atoms with E-state index in [1.165, 1.54) is 0 Å². The maximum atomic E-state index is 11.9. The third-order valence-corrected chi connectivity index (χ3v) is 3.18. The highest BCUT2D eigenvalue weighted by Gasteiger charge is 2.17. The predicted molar refractivity (Wildman–Crippen MR) is 86.8 cm³/mol. The number of nitrogens with one attached hydrogen (secondary N) is 1. The normalized spacial score (nSPS) is 11.0. The molecule has 0 radical (unpaired) electrons. The van der Waals surface area contributed by atoms with Crippen LogP contribution in [0.25, 0.3) is 0 Å². The number of ether oxygens (including phenoxy) is 1. The van der Waals surface area contributed by atoms with E-state index in [1.807, 2.05) is 45.0 Å². The first-order valence-electron chi connectivity index (χ1n) is 6.56. The van der Waals surface area contributed by atoms with Gasteiger partial charge in [-0.3, -0.25) is 0 Å². The monoisotopic (exact) mass is 348 g/mol. The van der Waals surface area contributed by atoms with Gasteiger partial charge in [0.15, 0.2) is 0 Å². The van der Waals surface area contributed by atoms with Crippen LogP contribution >= 0.6 is 15.9 Å². The number of rotatable bonds is 3. The van der Waals surface area contributed by atoms with Crippen molar-refractivity contribution in [2.75, 3.05) is 5.32 Å². The summed E-state index contributed by atoms with van der Waals surface area (Å²) in [5.41, 5.74) is 0.879. The lowest BCUT2D eigenvalue weighted by atomic mass is 10.1. The lowest BCUT2D eigenvalue weighted by molar-refractivity contribution is 0.00696. The third kappa shape index (κ3) is 4.56. The van der Waals surface area contributed by atoms with Crippen LogP contribution in [0.3, 0.4) is 0 Å². The topological polar surface area (TPSA) is 51.2 Å². The first-order valence-corrected chi connectivity index (χ1v) is 7.35. The van der Waals surface area contributed by atoms with Gasteiger partial charge in [-0.05, 0) is 73.1 Å². The van der Waals surface area contributed by atoms with E-state index in [0.29, 0.717) is 5.56 Å². The molecule has 0 aliphatic rings. The summed E-state index contributed by atoms with van der Waals surface area (Å²) in [6.07, 6.45) is 1.71. The van der Waals surface area contributed by atoms with Gasteiger partial charge in [-0.15, -0.1) is 0 Å². The Morgan fingerprint density at radius 2 is 1.86 bits per heavy atom.